The highest BCUT2D eigenvalue weighted by Gasteiger charge is 2.22. The van der Waals surface area contributed by atoms with Gasteiger partial charge in [0, 0.05) is 76.5 Å². The number of piperazine rings is 1. The van der Waals surface area contributed by atoms with Gasteiger partial charge in [0.1, 0.15) is 5.82 Å². The van der Waals surface area contributed by atoms with Crippen LogP contribution in [0.25, 0.3) is 0 Å². The predicted octanol–water partition coefficient (Wildman–Crippen LogP) is 1.83. The summed E-state index contributed by atoms with van der Waals surface area (Å²) in [7, 11) is 1.86. The van der Waals surface area contributed by atoms with Gasteiger partial charge in [0.05, 0.1) is 13.2 Å². The summed E-state index contributed by atoms with van der Waals surface area (Å²) in [4.78, 5) is 16.1. The lowest BCUT2D eigenvalue weighted by Crippen LogP contribution is -2.52. The number of aromatic nitrogens is 2. The van der Waals surface area contributed by atoms with Crippen molar-refractivity contribution in [3.05, 3.63) is 35.7 Å². The number of ether oxygens (including phenoxy) is 1. The first-order chi connectivity index (χ1) is 14.8. The number of anilines is 2. The van der Waals surface area contributed by atoms with Crippen molar-refractivity contribution >= 4 is 28.3 Å². The standard InChI is InChI=1S/C21H31N7OS/c1-3-19-24-21(30-25-19)28-10-8-27(9-11-28)20(22-2)23-16-17-4-6-18(7-5-17)26-12-14-29-15-13-26/h4-7H,3,8-16H2,1-2H3,(H,22,23). The summed E-state index contributed by atoms with van der Waals surface area (Å²) in [6.07, 6.45) is 0.889. The van der Waals surface area contributed by atoms with Gasteiger partial charge in [-0.05, 0) is 17.7 Å². The van der Waals surface area contributed by atoms with Crippen LogP contribution < -0.4 is 15.1 Å². The fraction of sp³-hybridized carbons (Fsp3) is 0.571. The third-order valence-corrected chi connectivity index (χ3v) is 6.41. The maximum atomic E-state index is 5.44. The van der Waals surface area contributed by atoms with Crippen LogP contribution in [-0.2, 0) is 17.7 Å². The number of aryl methyl sites for hydroxylation is 1. The molecule has 3 heterocycles. The van der Waals surface area contributed by atoms with E-state index in [0.717, 1.165) is 82.4 Å². The van der Waals surface area contributed by atoms with E-state index in [1.165, 1.54) is 22.8 Å². The van der Waals surface area contributed by atoms with Gasteiger partial charge in [0.25, 0.3) is 0 Å². The normalized spacial score (nSPS) is 18.1. The fourth-order valence-electron chi connectivity index (χ4n) is 3.79. The molecule has 0 saturated carbocycles. The molecule has 2 aromatic rings. The Morgan fingerprint density at radius 1 is 1.07 bits per heavy atom. The fourth-order valence-corrected chi connectivity index (χ4v) is 4.59. The van der Waals surface area contributed by atoms with Crippen molar-refractivity contribution in [2.75, 3.05) is 69.3 Å². The van der Waals surface area contributed by atoms with Gasteiger partial charge in [-0.2, -0.15) is 4.37 Å². The molecule has 2 fully saturated rings. The lowest BCUT2D eigenvalue weighted by Gasteiger charge is -2.36. The summed E-state index contributed by atoms with van der Waals surface area (Å²) in [5.41, 5.74) is 2.53. The lowest BCUT2D eigenvalue weighted by atomic mass is 10.2. The zero-order chi connectivity index (χ0) is 20.8. The van der Waals surface area contributed by atoms with E-state index in [-0.39, 0.29) is 0 Å². The Morgan fingerprint density at radius 3 is 2.43 bits per heavy atom. The summed E-state index contributed by atoms with van der Waals surface area (Å²) >= 11 is 1.50. The largest absolute Gasteiger partial charge is 0.378 e. The molecule has 2 aliphatic rings. The second-order valence-corrected chi connectivity index (χ2v) is 8.22. The highest BCUT2D eigenvalue weighted by molar-refractivity contribution is 7.09. The first kappa shape index (κ1) is 20.9. The van der Waals surface area contributed by atoms with Crippen molar-refractivity contribution in [2.24, 2.45) is 4.99 Å². The molecule has 0 bridgehead atoms. The van der Waals surface area contributed by atoms with E-state index < -0.39 is 0 Å². The molecule has 30 heavy (non-hydrogen) atoms. The quantitative estimate of drug-likeness (QED) is 0.574. The molecule has 8 nitrogen and oxygen atoms in total. The van der Waals surface area contributed by atoms with Crippen molar-refractivity contribution in [2.45, 2.75) is 19.9 Å². The van der Waals surface area contributed by atoms with E-state index in [0.29, 0.717) is 0 Å². The van der Waals surface area contributed by atoms with Crippen LogP contribution in [0.3, 0.4) is 0 Å². The Morgan fingerprint density at radius 2 is 1.80 bits per heavy atom. The average molecular weight is 430 g/mol. The van der Waals surface area contributed by atoms with Crippen LogP contribution in [0.2, 0.25) is 0 Å². The van der Waals surface area contributed by atoms with Gasteiger partial charge in [0.15, 0.2) is 5.96 Å². The molecule has 9 heteroatoms. The minimum absolute atomic E-state index is 0.770. The molecule has 0 amide bonds. The van der Waals surface area contributed by atoms with Crippen LogP contribution in [0.4, 0.5) is 10.8 Å². The Hall–Kier alpha value is -2.39. The second-order valence-electron chi connectivity index (χ2n) is 7.49. The van der Waals surface area contributed by atoms with Crippen molar-refractivity contribution in [1.29, 1.82) is 0 Å². The van der Waals surface area contributed by atoms with Crippen molar-refractivity contribution in [3.63, 3.8) is 0 Å². The molecule has 4 rings (SSSR count). The molecule has 0 radical (unpaired) electrons. The van der Waals surface area contributed by atoms with Crippen LogP contribution in [0.1, 0.15) is 18.3 Å². The number of aliphatic imine (C=N–C) groups is 1. The number of morpholine rings is 1. The molecular formula is C21H31N7OS. The Bertz CT molecular complexity index is 824. The number of hydrogen-bond acceptors (Lipinski definition) is 7. The average Bonchev–Trinajstić information content (AvgIpc) is 3.30. The molecule has 2 saturated heterocycles. The molecule has 0 aliphatic carbocycles. The molecule has 162 valence electrons. The van der Waals surface area contributed by atoms with Crippen molar-refractivity contribution < 1.29 is 4.74 Å². The topological polar surface area (TPSA) is 69.1 Å². The number of hydrogen-bond donors (Lipinski definition) is 1. The lowest BCUT2D eigenvalue weighted by molar-refractivity contribution is 0.122. The van der Waals surface area contributed by atoms with Crippen LogP contribution >= 0.6 is 11.5 Å². The van der Waals surface area contributed by atoms with E-state index >= 15 is 0 Å². The number of benzene rings is 1. The third-order valence-electron chi connectivity index (χ3n) is 5.60. The monoisotopic (exact) mass is 429 g/mol. The van der Waals surface area contributed by atoms with Crippen LogP contribution in [-0.4, -0.2) is 79.7 Å². The maximum Gasteiger partial charge on any atom is 0.205 e. The van der Waals surface area contributed by atoms with Crippen LogP contribution in [0, 0.1) is 0 Å². The molecule has 0 spiro atoms. The third kappa shape index (κ3) is 5.02. The molecule has 1 aromatic heterocycles. The van der Waals surface area contributed by atoms with Crippen LogP contribution in [0.5, 0.6) is 0 Å². The zero-order valence-electron chi connectivity index (χ0n) is 17.9. The van der Waals surface area contributed by atoms with E-state index in [2.05, 4.69) is 65.6 Å². The summed E-state index contributed by atoms with van der Waals surface area (Å²) in [5, 5.41) is 4.56. The second kappa shape index (κ2) is 10.1. The van der Waals surface area contributed by atoms with Gasteiger partial charge in [0.2, 0.25) is 5.13 Å². The van der Waals surface area contributed by atoms with E-state index in [1.54, 1.807) is 0 Å². The maximum absolute atomic E-state index is 5.44. The Balaban J connectivity index is 1.27. The van der Waals surface area contributed by atoms with Gasteiger partial charge in [-0.3, -0.25) is 4.99 Å². The van der Waals surface area contributed by atoms with E-state index in [9.17, 15) is 0 Å². The Kier molecular flexibility index (Phi) is 7.01. The molecule has 0 unspecified atom stereocenters. The molecule has 2 aliphatic heterocycles. The summed E-state index contributed by atoms with van der Waals surface area (Å²) in [5.74, 6) is 1.90. The van der Waals surface area contributed by atoms with Gasteiger partial charge in [-0.15, -0.1) is 0 Å². The minimum Gasteiger partial charge on any atom is -0.378 e. The molecular weight excluding hydrogens is 398 g/mol. The number of guanidine groups is 1. The first-order valence-corrected chi connectivity index (χ1v) is 11.5. The van der Waals surface area contributed by atoms with Gasteiger partial charge in [-0.25, -0.2) is 4.98 Å². The minimum atomic E-state index is 0.770. The van der Waals surface area contributed by atoms with Crippen molar-refractivity contribution in [1.82, 2.24) is 19.6 Å². The van der Waals surface area contributed by atoms with Crippen LogP contribution in [0.15, 0.2) is 29.3 Å². The summed E-state index contributed by atoms with van der Waals surface area (Å²) in [6.45, 7) is 10.1. The number of nitrogens with one attached hydrogen (secondary N) is 1. The highest BCUT2D eigenvalue weighted by atomic mass is 32.1. The summed E-state index contributed by atoms with van der Waals surface area (Å²) < 4.78 is 9.85. The number of nitrogens with zero attached hydrogens (tertiary/aromatic N) is 6. The van der Waals surface area contributed by atoms with E-state index in [4.69, 9.17) is 4.74 Å². The van der Waals surface area contributed by atoms with Gasteiger partial charge >= 0.3 is 0 Å². The smallest absolute Gasteiger partial charge is 0.205 e. The number of rotatable bonds is 5. The van der Waals surface area contributed by atoms with Gasteiger partial charge < -0.3 is 24.8 Å². The Labute approximate surface area is 182 Å². The molecule has 0 atom stereocenters. The van der Waals surface area contributed by atoms with Gasteiger partial charge in [-0.1, -0.05) is 19.1 Å². The SMILES string of the molecule is CCc1nsc(N2CCN(C(=NC)NCc3ccc(N4CCOCC4)cc3)CC2)n1. The van der Waals surface area contributed by atoms with Crippen molar-refractivity contribution in [3.8, 4) is 0 Å². The summed E-state index contributed by atoms with van der Waals surface area (Å²) in [6, 6.07) is 8.81. The predicted molar refractivity (Wildman–Crippen MR) is 123 cm³/mol. The highest BCUT2D eigenvalue weighted by Crippen LogP contribution is 2.20. The molecule has 1 N–H and O–H groups in total. The van der Waals surface area contributed by atoms with E-state index in [1.807, 2.05) is 7.05 Å². The zero-order valence-corrected chi connectivity index (χ0v) is 18.7. The first-order valence-electron chi connectivity index (χ1n) is 10.7. The molecule has 1 aromatic carbocycles.